The summed E-state index contributed by atoms with van der Waals surface area (Å²) in [5.41, 5.74) is 0.935. The number of ether oxygens (including phenoxy) is 2. The third kappa shape index (κ3) is 8.71. The number of halogens is 2. The monoisotopic (exact) mass is 494 g/mol. The molecule has 0 bridgehead atoms. The van der Waals surface area contributed by atoms with Crippen LogP contribution in [0.2, 0.25) is 0 Å². The summed E-state index contributed by atoms with van der Waals surface area (Å²) in [7, 11) is 5.71. The topological polar surface area (TPSA) is 58.1 Å². The molecule has 27 heavy (non-hydrogen) atoms. The van der Waals surface area contributed by atoms with Crippen molar-refractivity contribution in [1.29, 1.82) is 0 Å². The molecule has 1 heterocycles. The lowest BCUT2D eigenvalue weighted by Gasteiger charge is -2.26. The molecular formula is C19H32FIN4O2. The summed E-state index contributed by atoms with van der Waals surface area (Å²) in [5.74, 6) is 0.516. The second kappa shape index (κ2) is 13.2. The van der Waals surface area contributed by atoms with Gasteiger partial charge in [-0.15, -0.1) is 24.0 Å². The van der Waals surface area contributed by atoms with Crippen LogP contribution in [-0.4, -0.2) is 71.0 Å². The first-order valence-electron chi connectivity index (χ1n) is 9.16. The number of aliphatic imine (C=N–C) groups is 1. The maximum atomic E-state index is 13.5. The molecule has 1 aromatic carbocycles. The summed E-state index contributed by atoms with van der Waals surface area (Å²) >= 11 is 0. The molecule has 0 spiro atoms. The molecule has 0 radical (unpaired) electrons. The molecule has 0 amide bonds. The average Bonchev–Trinajstić information content (AvgIpc) is 3.13. The Kier molecular flexibility index (Phi) is 11.8. The zero-order chi connectivity index (χ0) is 18.8. The first-order valence-corrected chi connectivity index (χ1v) is 9.16. The molecule has 0 aliphatic carbocycles. The predicted molar refractivity (Wildman–Crippen MR) is 117 cm³/mol. The molecule has 2 N–H and O–H groups in total. The highest BCUT2D eigenvalue weighted by Crippen LogP contribution is 2.18. The van der Waals surface area contributed by atoms with Gasteiger partial charge in [0.05, 0.1) is 18.8 Å². The Hall–Kier alpha value is -0.970. The summed E-state index contributed by atoms with van der Waals surface area (Å²) < 4.78 is 24.6. The number of benzene rings is 1. The SMILES string of the molecule is CN=C(NCCCOC1CCOC1)NCC(c1cccc(F)c1)N(C)C.I. The van der Waals surface area contributed by atoms with Crippen LogP contribution in [0.15, 0.2) is 29.3 Å². The summed E-state index contributed by atoms with van der Waals surface area (Å²) in [6.45, 7) is 3.63. The smallest absolute Gasteiger partial charge is 0.191 e. The van der Waals surface area contributed by atoms with Gasteiger partial charge in [0, 0.05) is 33.4 Å². The molecule has 8 heteroatoms. The van der Waals surface area contributed by atoms with Crippen molar-refractivity contribution in [2.24, 2.45) is 4.99 Å². The number of nitrogens with one attached hydrogen (secondary N) is 2. The van der Waals surface area contributed by atoms with E-state index in [0.29, 0.717) is 19.8 Å². The van der Waals surface area contributed by atoms with Crippen LogP contribution < -0.4 is 10.6 Å². The van der Waals surface area contributed by atoms with Crippen LogP contribution >= 0.6 is 24.0 Å². The fourth-order valence-corrected chi connectivity index (χ4v) is 2.90. The second-order valence-corrected chi connectivity index (χ2v) is 6.62. The number of likely N-dealkylation sites (N-methyl/N-ethyl adjacent to an activating group) is 1. The molecule has 2 unspecified atom stereocenters. The Balaban J connectivity index is 0.00000364. The minimum Gasteiger partial charge on any atom is -0.379 e. The highest BCUT2D eigenvalue weighted by atomic mass is 127. The largest absolute Gasteiger partial charge is 0.379 e. The van der Waals surface area contributed by atoms with Crippen molar-refractivity contribution in [2.45, 2.75) is 25.0 Å². The number of hydrogen-bond donors (Lipinski definition) is 2. The lowest BCUT2D eigenvalue weighted by Crippen LogP contribution is -2.42. The zero-order valence-corrected chi connectivity index (χ0v) is 18.7. The second-order valence-electron chi connectivity index (χ2n) is 6.62. The van der Waals surface area contributed by atoms with Gasteiger partial charge in [0.25, 0.3) is 0 Å². The van der Waals surface area contributed by atoms with Gasteiger partial charge < -0.3 is 25.0 Å². The maximum absolute atomic E-state index is 13.5. The van der Waals surface area contributed by atoms with Crippen LogP contribution in [0.1, 0.15) is 24.4 Å². The number of guanidine groups is 1. The fraction of sp³-hybridized carbons (Fsp3) is 0.632. The molecule has 1 saturated heterocycles. The van der Waals surface area contributed by atoms with Crippen molar-refractivity contribution >= 4 is 29.9 Å². The Morgan fingerprint density at radius 2 is 2.22 bits per heavy atom. The molecule has 0 aromatic heterocycles. The van der Waals surface area contributed by atoms with E-state index in [1.165, 1.54) is 6.07 Å². The van der Waals surface area contributed by atoms with E-state index in [4.69, 9.17) is 9.47 Å². The molecule has 6 nitrogen and oxygen atoms in total. The van der Waals surface area contributed by atoms with Crippen LogP contribution in [0.3, 0.4) is 0 Å². The van der Waals surface area contributed by atoms with Crippen molar-refractivity contribution in [3.8, 4) is 0 Å². The number of nitrogens with zero attached hydrogens (tertiary/aromatic N) is 2. The van der Waals surface area contributed by atoms with E-state index in [0.717, 1.165) is 37.5 Å². The minimum absolute atomic E-state index is 0. The van der Waals surface area contributed by atoms with Crippen molar-refractivity contribution in [2.75, 3.05) is 54.1 Å². The minimum atomic E-state index is -0.218. The summed E-state index contributed by atoms with van der Waals surface area (Å²) in [6.07, 6.45) is 2.14. The van der Waals surface area contributed by atoms with Crippen LogP contribution in [0.25, 0.3) is 0 Å². The Labute approximate surface area is 178 Å². The van der Waals surface area contributed by atoms with Crippen LogP contribution in [-0.2, 0) is 9.47 Å². The lowest BCUT2D eigenvalue weighted by atomic mass is 10.1. The molecule has 2 atom stereocenters. The molecule has 1 aliphatic heterocycles. The van der Waals surface area contributed by atoms with E-state index in [1.807, 2.05) is 20.2 Å². The predicted octanol–water partition coefficient (Wildman–Crippen LogP) is 2.41. The van der Waals surface area contributed by atoms with Gasteiger partial charge in [-0.05, 0) is 44.6 Å². The average molecular weight is 494 g/mol. The van der Waals surface area contributed by atoms with Gasteiger partial charge in [0.2, 0.25) is 0 Å². The van der Waals surface area contributed by atoms with Gasteiger partial charge in [-0.1, -0.05) is 12.1 Å². The molecule has 1 aromatic rings. The third-order valence-corrected chi connectivity index (χ3v) is 4.40. The Morgan fingerprint density at radius 1 is 1.41 bits per heavy atom. The summed E-state index contributed by atoms with van der Waals surface area (Å²) in [4.78, 5) is 6.31. The summed E-state index contributed by atoms with van der Waals surface area (Å²) in [6, 6.07) is 6.77. The first-order chi connectivity index (χ1) is 12.6. The number of hydrogen-bond acceptors (Lipinski definition) is 4. The highest BCUT2D eigenvalue weighted by molar-refractivity contribution is 14.0. The number of rotatable bonds is 9. The molecular weight excluding hydrogens is 462 g/mol. The van der Waals surface area contributed by atoms with Crippen LogP contribution in [0.5, 0.6) is 0 Å². The molecule has 0 saturated carbocycles. The van der Waals surface area contributed by atoms with Crippen molar-refractivity contribution in [3.63, 3.8) is 0 Å². The highest BCUT2D eigenvalue weighted by Gasteiger charge is 2.16. The van der Waals surface area contributed by atoms with E-state index < -0.39 is 0 Å². The van der Waals surface area contributed by atoms with Crippen LogP contribution in [0, 0.1) is 5.82 Å². The van der Waals surface area contributed by atoms with Gasteiger partial charge >= 0.3 is 0 Å². The van der Waals surface area contributed by atoms with Crippen molar-refractivity contribution in [1.82, 2.24) is 15.5 Å². The Bertz CT molecular complexity index is 568. The molecule has 1 fully saturated rings. The van der Waals surface area contributed by atoms with E-state index in [1.54, 1.807) is 19.2 Å². The normalized spacial score (nSPS) is 18.3. The fourth-order valence-electron chi connectivity index (χ4n) is 2.90. The van der Waals surface area contributed by atoms with E-state index in [-0.39, 0.29) is 41.9 Å². The third-order valence-electron chi connectivity index (χ3n) is 4.40. The van der Waals surface area contributed by atoms with Gasteiger partial charge in [-0.2, -0.15) is 0 Å². The van der Waals surface area contributed by atoms with Crippen LogP contribution in [0.4, 0.5) is 4.39 Å². The Morgan fingerprint density at radius 3 is 2.85 bits per heavy atom. The maximum Gasteiger partial charge on any atom is 0.191 e. The van der Waals surface area contributed by atoms with Gasteiger partial charge in [0.1, 0.15) is 5.82 Å². The first kappa shape index (κ1) is 24.1. The molecule has 154 valence electrons. The van der Waals surface area contributed by atoms with Gasteiger partial charge in [-0.25, -0.2) is 4.39 Å². The molecule has 2 rings (SSSR count). The lowest BCUT2D eigenvalue weighted by molar-refractivity contribution is 0.0420. The van der Waals surface area contributed by atoms with Crippen molar-refractivity contribution in [3.05, 3.63) is 35.6 Å². The summed E-state index contributed by atoms with van der Waals surface area (Å²) in [5, 5.41) is 6.60. The van der Waals surface area contributed by atoms with Gasteiger partial charge in [0.15, 0.2) is 5.96 Å². The van der Waals surface area contributed by atoms with Gasteiger partial charge in [-0.3, -0.25) is 4.99 Å². The zero-order valence-electron chi connectivity index (χ0n) is 16.4. The quantitative estimate of drug-likeness (QED) is 0.239. The van der Waals surface area contributed by atoms with Crippen molar-refractivity contribution < 1.29 is 13.9 Å². The van der Waals surface area contributed by atoms with E-state index >= 15 is 0 Å². The van der Waals surface area contributed by atoms with E-state index in [9.17, 15) is 4.39 Å². The van der Waals surface area contributed by atoms with E-state index in [2.05, 4.69) is 20.5 Å². The standard InChI is InChI=1S/C19H31FN4O2.HI/c1-21-19(22-9-5-10-26-17-8-11-25-14-17)23-13-18(24(2)3)15-6-4-7-16(20)12-15;/h4,6-7,12,17-18H,5,8-11,13-14H2,1-3H3,(H2,21,22,23);1H. The molecule has 1 aliphatic rings.